The van der Waals surface area contributed by atoms with Crippen molar-refractivity contribution >= 4 is 6.29 Å². The predicted octanol–water partition coefficient (Wildman–Crippen LogP) is -2.09. The normalized spacial score (nSPS) is 32.3. The molecule has 1 aliphatic heterocycles. The Hall–Kier alpha value is -1.88. The summed E-state index contributed by atoms with van der Waals surface area (Å²) in [7, 11) is 1.16. The van der Waals surface area contributed by atoms with E-state index in [-0.39, 0.29) is 6.29 Å². The highest BCUT2D eigenvalue weighted by Crippen LogP contribution is 2.37. The number of alkyl halides is 1. The third-order valence-corrected chi connectivity index (χ3v) is 3.11. The molecule has 0 aromatic carbocycles. The van der Waals surface area contributed by atoms with Gasteiger partial charge < -0.3 is 19.7 Å². The minimum atomic E-state index is -2.73. The number of carbonyl (C=O) groups excluding carboxylic acids is 1. The Labute approximate surface area is 116 Å². The number of halogens is 1. The molecule has 4 atom stereocenters. The molecule has 1 aliphatic rings. The topological polar surface area (TPSA) is 131 Å². The zero-order valence-corrected chi connectivity index (χ0v) is 10.9. The summed E-state index contributed by atoms with van der Waals surface area (Å²) in [6.07, 6.45) is -4.39. The van der Waals surface area contributed by atoms with Crippen molar-refractivity contribution < 1.29 is 28.9 Å². The van der Waals surface area contributed by atoms with Gasteiger partial charge in [0.2, 0.25) is 0 Å². The van der Waals surface area contributed by atoms with Crippen LogP contribution in [0.5, 0.6) is 0 Å². The van der Waals surface area contributed by atoms with Crippen LogP contribution >= 0.6 is 0 Å². The van der Waals surface area contributed by atoms with Crippen molar-refractivity contribution in [1.29, 1.82) is 0 Å². The summed E-state index contributed by atoms with van der Waals surface area (Å²) >= 11 is 0. The molecule has 10 heteroatoms. The number of aliphatic hydroxyl groups is 2. The number of hydrogen-bond acceptors (Lipinski definition) is 7. The van der Waals surface area contributed by atoms with E-state index in [2.05, 4.69) is 4.74 Å². The van der Waals surface area contributed by atoms with Crippen LogP contribution in [0.25, 0.3) is 0 Å². The van der Waals surface area contributed by atoms with Crippen LogP contribution in [-0.4, -0.2) is 57.8 Å². The zero-order chi connectivity index (χ0) is 15.8. The lowest BCUT2D eigenvalue weighted by Crippen LogP contribution is -2.43. The molecule has 21 heavy (non-hydrogen) atoms. The van der Waals surface area contributed by atoms with E-state index in [9.17, 15) is 29.0 Å². The van der Waals surface area contributed by atoms with Gasteiger partial charge in [0.25, 0.3) is 11.4 Å². The number of rotatable bonds is 4. The smallest absolute Gasteiger partial charge is 0.330 e. The van der Waals surface area contributed by atoms with E-state index < -0.39 is 47.7 Å². The van der Waals surface area contributed by atoms with Gasteiger partial charge >= 0.3 is 5.69 Å². The van der Waals surface area contributed by atoms with Crippen LogP contribution in [0.15, 0.2) is 15.8 Å². The monoisotopic (exact) mass is 304 g/mol. The van der Waals surface area contributed by atoms with Gasteiger partial charge in [0, 0.05) is 13.3 Å². The molecule has 1 saturated heterocycles. The van der Waals surface area contributed by atoms with Crippen LogP contribution in [0.4, 0.5) is 4.39 Å². The van der Waals surface area contributed by atoms with Crippen LogP contribution in [0, 0.1) is 0 Å². The molecule has 0 bridgehead atoms. The molecule has 1 fully saturated rings. The molecular weight excluding hydrogens is 291 g/mol. The third kappa shape index (κ3) is 2.53. The Balaban J connectivity index is 2.46. The Morgan fingerprint density at radius 3 is 2.81 bits per heavy atom. The van der Waals surface area contributed by atoms with Gasteiger partial charge in [-0.1, -0.05) is 0 Å². The standard InChI is InChI=1S/C11H13FN2O7/c1-20-4-11(12)7(17)6(16)9(21-11)14-2-5(3-15)8(18)13-10(14)19/h2-3,6-7,9,16-17H,4H2,1H3,(H,13,18,19)/t6-,7+,9-,11-/m1/s1. The average Bonchev–Trinajstić information content (AvgIpc) is 2.64. The van der Waals surface area contributed by atoms with Gasteiger partial charge in [-0.3, -0.25) is 19.1 Å². The quantitative estimate of drug-likeness (QED) is 0.544. The third-order valence-electron chi connectivity index (χ3n) is 3.11. The van der Waals surface area contributed by atoms with Crippen molar-refractivity contribution in [3.8, 4) is 0 Å². The highest BCUT2D eigenvalue weighted by molar-refractivity contribution is 5.73. The maximum atomic E-state index is 14.3. The van der Waals surface area contributed by atoms with E-state index in [0.29, 0.717) is 4.57 Å². The maximum Gasteiger partial charge on any atom is 0.330 e. The number of aromatic amines is 1. The van der Waals surface area contributed by atoms with Crippen LogP contribution in [-0.2, 0) is 9.47 Å². The Kier molecular flexibility index (Phi) is 4.05. The highest BCUT2D eigenvalue weighted by atomic mass is 19.2. The number of aldehydes is 1. The molecule has 0 amide bonds. The first-order valence-electron chi connectivity index (χ1n) is 5.86. The van der Waals surface area contributed by atoms with Gasteiger partial charge in [-0.05, 0) is 0 Å². The number of nitrogens with zero attached hydrogens (tertiary/aromatic N) is 1. The van der Waals surface area contributed by atoms with Crippen molar-refractivity contribution in [2.45, 2.75) is 24.3 Å². The molecule has 0 unspecified atom stereocenters. The van der Waals surface area contributed by atoms with Crippen molar-refractivity contribution in [1.82, 2.24) is 9.55 Å². The summed E-state index contributed by atoms with van der Waals surface area (Å²) in [5, 5.41) is 19.5. The number of hydrogen-bond donors (Lipinski definition) is 3. The Morgan fingerprint density at radius 2 is 2.24 bits per heavy atom. The number of nitrogens with one attached hydrogen (secondary N) is 1. The second-order valence-corrected chi connectivity index (χ2v) is 4.53. The molecule has 3 N–H and O–H groups in total. The highest BCUT2D eigenvalue weighted by Gasteiger charge is 2.56. The first-order valence-corrected chi connectivity index (χ1v) is 5.86. The van der Waals surface area contributed by atoms with E-state index >= 15 is 0 Å². The molecule has 1 aromatic rings. The van der Waals surface area contributed by atoms with Crippen LogP contribution < -0.4 is 11.2 Å². The lowest BCUT2D eigenvalue weighted by Gasteiger charge is -2.21. The second-order valence-electron chi connectivity index (χ2n) is 4.53. The van der Waals surface area contributed by atoms with Gasteiger partial charge in [0.1, 0.15) is 18.8 Å². The second kappa shape index (κ2) is 5.48. The van der Waals surface area contributed by atoms with Gasteiger partial charge in [-0.2, -0.15) is 0 Å². The summed E-state index contributed by atoms with van der Waals surface area (Å²) in [4.78, 5) is 35.5. The van der Waals surface area contributed by atoms with E-state index in [0.717, 1.165) is 13.3 Å². The molecule has 0 spiro atoms. The summed E-state index contributed by atoms with van der Waals surface area (Å²) in [5.41, 5.74) is -2.37. The molecule has 116 valence electrons. The number of aliphatic hydroxyl groups excluding tert-OH is 2. The Morgan fingerprint density at radius 1 is 1.57 bits per heavy atom. The fraction of sp³-hybridized carbons (Fsp3) is 0.545. The van der Waals surface area contributed by atoms with E-state index in [1.54, 1.807) is 0 Å². The number of ether oxygens (including phenoxy) is 2. The summed E-state index contributed by atoms with van der Waals surface area (Å²) in [6, 6.07) is 0. The van der Waals surface area contributed by atoms with Gasteiger partial charge in [-0.25, -0.2) is 9.18 Å². The van der Waals surface area contributed by atoms with Crippen LogP contribution in [0.3, 0.4) is 0 Å². The fourth-order valence-corrected chi connectivity index (χ4v) is 2.06. The fourth-order valence-electron chi connectivity index (χ4n) is 2.06. The van der Waals surface area contributed by atoms with Crippen LogP contribution in [0.1, 0.15) is 16.6 Å². The first kappa shape index (κ1) is 15.5. The number of carbonyl (C=O) groups is 1. The minimum absolute atomic E-state index is 0.185. The van der Waals surface area contributed by atoms with Crippen molar-refractivity contribution in [2.75, 3.05) is 13.7 Å². The SMILES string of the molecule is COC[C@@]1(F)O[C@@H](n2cc(C=O)c(=O)[nH]c2=O)[C@H](O)[C@@H]1O. The average molecular weight is 304 g/mol. The summed E-state index contributed by atoms with van der Waals surface area (Å²) in [5.74, 6) is -2.73. The van der Waals surface area contributed by atoms with Crippen LogP contribution in [0.2, 0.25) is 0 Å². The number of H-pyrrole nitrogens is 1. The molecular formula is C11H13FN2O7. The number of methoxy groups -OCH3 is 1. The lowest BCUT2D eigenvalue weighted by atomic mass is 10.1. The number of aromatic nitrogens is 2. The molecule has 0 radical (unpaired) electrons. The molecule has 1 aromatic heterocycles. The molecule has 9 nitrogen and oxygen atoms in total. The lowest BCUT2D eigenvalue weighted by molar-refractivity contribution is -0.212. The first-order chi connectivity index (χ1) is 9.84. The molecule has 2 heterocycles. The van der Waals surface area contributed by atoms with Crippen molar-refractivity contribution in [3.05, 3.63) is 32.6 Å². The van der Waals surface area contributed by atoms with Gasteiger partial charge in [0.05, 0.1) is 5.56 Å². The summed E-state index contributed by atoms with van der Waals surface area (Å²) < 4.78 is 24.3. The van der Waals surface area contributed by atoms with E-state index in [4.69, 9.17) is 4.74 Å². The van der Waals surface area contributed by atoms with Gasteiger partial charge in [0.15, 0.2) is 12.5 Å². The van der Waals surface area contributed by atoms with Crippen molar-refractivity contribution in [2.24, 2.45) is 0 Å². The maximum absolute atomic E-state index is 14.3. The van der Waals surface area contributed by atoms with Gasteiger partial charge in [-0.15, -0.1) is 0 Å². The van der Waals surface area contributed by atoms with E-state index in [1.165, 1.54) is 0 Å². The Bertz CT molecular complexity index is 657. The molecule has 0 aliphatic carbocycles. The predicted molar refractivity (Wildman–Crippen MR) is 64.6 cm³/mol. The zero-order valence-electron chi connectivity index (χ0n) is 10.9. The largest absolute Gasteiger partial charge is 0.385 e. The van der Waals surface area contributed by atoms with Crippen molar-refractivity contribution in [3.63, 3.8) is 0 Å². The molecule has 0 saturated carbocycles. The molecule has 2 rings (SSSR count). The minimum Gasteiger partial charge on any atom is -0.385 e. The summed E-state index contributed by atoms with van der Waals surface area (Å²) in [6.45, 7) is -0.680. The van der Waals surface area contributed by atoms with E-state index in [1.807, 2.05) is 4.98 Å².